The van der Waals surface area contributed by atoms with Crippen molar-refractivity contribution in [2.75, 3.05) is 56.4 Å². The number of rotatable bonds is 10. The van der Waals surface area contributed by atoms with Crippen molar-refractivity contribution in [2.24, 2.45) is 0 Å². The number of carbonyl (C=O) groups excluding carboxylic acids is 3. The van der Waals surface area contributed by atoms with E-state index >= 15 is 0 Å². The lowest BCUT2D eigenvalue weighted by Gasteiger charge is -2.27. The monoisotopic (exact) mass is 624 g/mol. The Kier molecular flexibility index (Phi) is 11.1. The Morgan fingerprint density at radius 2 is 1.76 bits per heavy atom. The minimum absolute atomic E-state index is 0.00446. The van der Waals surface area contributed by atoms with Gasteiger partial charge in [0.1, 0.15) is 18.7 Å². The molecule has 2 saturated heterocycles. The molecule has 0 spiro atoms. The average Bonchev–Trinajstić information content (AvgIpc) is 3.45. The number of amides is 3. The summed E-state index contributed by atoms with van der Waals surface area (Å²) in [6.45, 7) is 3.59. The molecule has 3 N–H and O–H groups in total. The summed E-state index contributed by atoms with van der Waals surface area (Å²) < 4.78 is 10.7. The Morgan fingerprint density at radius 1 is 1.07 bits per heavy atom. The quantitative estimate of drug-likeness (QED) is 0.364. The molecule has 2 atom stereocenters. The average molecular weight is 626 g/mol. The topological polar surface area (TPSA) is 138 Å². The van der Waals surface area contributed by atoms with Gasteiger partial charge in [0.25, 0.3) is 5.91 Å². The maximum absolute atomic E-state index is 13.0. The van der Waals surface area contributed by atoms with Crippen LogP contribution in [-0.2, 0) is 25.5 Å². The summed E-state index contributed by atoms with van der Waals surface area (Å²) in [5.74, 6) is -1.65. The fourth-order valence-corrected chi connectivity index (χ4v) is 6.06. The van der Waals surface area contributed by atoms with Crippen molar-refractivity contribution >= 4 is 64.5 Å². The maximum atomic E-state index is 13.0. The molecule has 1 unspecified atom stereocenters. The Morgan fingerprint density at radius 3 is 2.41 bits per heavy atom. The van der Waals surface area contributed by atoms with Crippen LogP contribution in [-0.4, -0.2) is 102 Å². The molecule has 2 fully saturated rings. The molecule has 41 heavy (non-hydrogen) atoms. The summed E-state index contributed by atoms with van der Waals surface area (Å²) in [5, 5.41) is 15.5. The first-order chi connectivity index (χ1) is 19.7. The molecule has 0 radical (unpaired) electrons. The van der Waals surface area contributed by atoms with Crippen LogP contribution < -0.4 is 10.6 Å². The van der Waals surface area contributed by atoms with E-state index in [4.69, 9.17) is 32.7 Å². The van der Waals surface area contributed by atoms with E-state index in [1.54, 1.807) is 42.5 Å². The van der Waals surface area contributed by atoms with Gasteiger partial charge in [0, 0.05) is 37.5 Å². The van der Waals surface area contributed by atoms with Gasteiger partial charge < -0.3 is 25.2 Å². The number of anilines is 1. The number of morpholine rings is 1. The number of aliphatic carboxylic acids is 1. The predicted octanol–water partition coefficient (Wildman–Crippen LogP) is 3.20. The number of benzene rings is 2. The fourth-order valence-electron chi connectivity index (χ4n) is 4.35. The first-order valence-corrected chi connectivity index (χ1v) is 14.8. The van der Waals surface area contributed by atoms with E-state index in [9.17, 15) is 24.3 Å². The number of hydrogen-bond acceptors (Lipinski definition) is 8. The van der Waals surface area contributed by atoms with Gasteiger partial charge in [-0.1, -0.05) is 41.4 Å². The van der Waals surface area contributed by atoms with E-state index < -0.39 is 36.0 Å². The van der Waals surface area contributed by atoms with Crippen LogP contribution in [0.2, 0.25) is 10.0 Å². The van der Waals surface area contributed by atoms with Gasteiger partial charge in [-0.05, 0) is 29.8 Å². The molecule has 2 aromatic carbocycles. The summed E-state index contributed by atoms with van der Waals surface area (Å²) in [6, 6.07) is 9.21. The molecule has 2 aliphatic rings. The fraction of sp³-hybridized carbons (Fsp3) is 0.407. The molecule has 2 aliphatic heterocycles. The van der Waals surface area contributed by atoms with Crippen LogP contribution in [0, 0.1) is 0 Å². The normalized spacial score (nSPS) is 18.0. The van der Waals surface area contributed by atoms with Crippen LogP contribution >= 0.6 is 35.0 Å². The second-order valence-corrected chi connectivity index (χ2v) is 11.2. The number of nitrogens with one attached hydrogen (secondary N) is 2. The van der Waals surface area contributed by atoms with Crippen LogP contribution in [0.1, 0.15) is 15.9 Å². The van der Waals surface area contributed by atoms with Crippen LogP contribution in [0.25, 0.3) is 0 Å². The van der Waals surface area contributed by atoms with Crippen molar-refractivity contribution in [1.29, 1.82) is 0 Å². The second-order valence-electron chi connectivity index (χ2n) is 9.41. The first kappa shape index (κ1) is 30.9. The van der Waals surface area contributed by atoms with Gasteiger partial charge in [0.2, 0.25) is 5.91 Å². The van der Waals surface area contributed by atoms with Crippen molar-refractivity contribution in [1.82, 2.24) is 15.1 Å². The summed E-state index contributed by atoms with van der Waals surface area (Å²) in [7, 11) is 0. The summed E-state index contributed by atoms with van der Waals surface area (Å²) in [6.07, 6.45) is -0.610. The van der Waals surface area contributed by atoms with Gasteiger partial charge in [-0.2, -0.15) is 0 Å². The van der Waals surface area contributed by atoms with E-state index in [0.29, 0.717) is 36.8 Å². The molecule has 2 heterocycles. The molecular weight excluding hydrogens is 595 g/mol. The van der Waals surface area contributed by atoms with E-state index in [1.807, 2.05) is 0 Å². The van der Waals surface area contributed by atoms with Crippen LogP contribution in [0.3, 0.4) is 0 Å². The third-order valence-electron chi connectivity index (χ3n) is 6.61. The molecule has 14 heteroatoms. The highest BCUT2D eigenvalue weighted by molar-refractivity contribution is 7.99. The third-order valence-corrected chi connectivity index (χ3v) is 8.25. The standard InChI is InChI=1S/C27H30Cl2N4O7S/c28-19-2-1-3-20(29)23(19)25(35)30-18-6-4-17(5-7-18)14-21(26(36)37)31-24(34)22-15-41-16-33(22)27(38)40-13-10-32-8-11-39-12-9-32/h1-7,21-22H,8-16H2,(H,30,35)(H,31,34)(H,36,37)/t21-,22?/m0/s1. The van der Waals surface area contributed by atoms with Crippen LogP contribution in [0.4, 0.5) is 10.5 Å². The maximum Gasteiger partial charge on any atom is 0.411 e. The number of ether oxygens (including phenoxy) is 2. The van der Waals surface area contributed by atoms with Crippen LogP contribution in [0.5, 0.6) is 0 Å². The largest absolute Gasteiger partial charge is 0.480 e. The van der Waals surface area contributed by atoms with Gasteiger partial charge >= 0.3 is 12.1 Å². The molecule has 11 nitrogen and oxygen atoms in total. The van der Waals surface area contributed by atoms with Gasteiger partial charge in [-0.15, -0.1) is 11.8 Å². The number of carboxylic acids is 1. The number of carboxylic acid groups (broad SMARTS) is 1. The number of halogens is 2. The number of nitrogens with zero attached hydrogens (tertiary/aromatic N) is 2. The molecule has 0 aromatic heterocycles. The van der Waals surface area contributed by atoms with Gasteiger partial charge in [0.15, 0.2) is 0 Å². The van der Waals surface area contributed by atoms with Crippen molar-refractivity contribution < 1.29 is 33.8 Å². The van der Waals surface area contributed by atoms with E-state index in [0.717, 1.165) is 13.1 Å². The SMILES string of the molecule is O=C(Nc1ccc(C[C@H](NC(=O)C2CSCN2C(=O)OCCN2CCOCC2)C(=O)O)cc1)c1c(Cl)cccc1Cl. The zero-order valence-electron chi connectivity index (χ0n) is 22.0. The Balaban J connectivity index is 1.30. The lowest BCUT2D eigenvalue weighted by atomic mass is 10.0. The minimum Gasteiger partial charge on any atom is -0.480 e. The zero-order chi connectivity index (χ0) is 29.4. The number of carbonyl (C=O) groups is 4. The molecule has 0 saturated carbocycles. The predicted molar refractivity (Wildman–Crippen MR) is 156 cm³/mol. The van der Waals surface area contributed by atoms with E-state index in [1.165, 1.54) is 16.7 Å². The molecule has 0 aliphatic carbocycles. The van der Waals surface area contributed by atoms with Gasteiger partial charge in [-0.25, -0.2) is 9.59 Å². The van der Waals surface area contributed by atoms with Crippen molar-refractivity contribution in [3.05, 3.63) is 63.6 Å². The Labute approximate surface area is 251 Å². The van der Waals surface area contributed by atoms with Crippen molar-refractivity contribution in [3.8, 4) is 0 Å². The molecule has 3 amide bonds. The van der Waals surface area contributed by atoms with E-state index in [2.05, 4.69) is 15.5 Å². The number of thioether (sulfide) groups is 1. The first-order valence-electron chi connectivity index (χ1n) is 12.9. The lowest BCUT2D eigenvalue weighted by Crippen LogP contribution is -2.52. The molecular formula is C27H30Cl2N4O7S. The molecule has 4 rings (SSSR count). The Bertz CT molecular complexity index is 1240. The van der Waals surface area contributed by atoms with Crippen LogP contribution in [0.15, 0.2) is 42.5 Å². The highest BCUT2D eigenvalue weighted by Gasteiger charge is 2.37. The number of hydrogen-bond donors (Lipinski definition) is 3. The minimum atomic E-state index is -1.23. The summed E-state index contributed by atoms with van der Waals surface area (Å²) >= 11 is 13.6. The lowest BCUT2D eigenvalue weighted by molar-refractivity contribution is -0.142. The highest BCUT2D eigenvalue weighted by atomic mass is 35.5. The third kappa shape index (κ3) is 8.49. The zero-order valence-corrected chi connectivity index (χ0v) is 24.3. The summed E-state index contributed by atoms with van der Waals surface area (Å²) in [4.78, 5) is 53.7. The van der Waals surface area contributed by atoms with E-state index in [-0.39, 0.29) is 34.5 Å². The van der Waals surface area contributed by atoms with Crippen molar-refractivity contribution in [2.45, 2.75) is 18.5 Å². The molecule has 2 aromatic rings. The summed E-state index contributed by atoms with van der Waals surface area (Å²) in [5.41, 5.74) is 1.22. The smallest absolute Gasteiger partial charge is 0.411 e. The molecule has 0 bridgehead atoms. The van der Waals surface area contributed by atoms with Gasteiger partial charge in [-0.3, -0.25) is 19.4 Å². The Hall–Kier alpha value is -3.03. The van der Waals surface area contributed by atoms with Gasteiger partial charge in [0.05, 0.1) is 34.7 Å². The second kappa shape index (κ2) is 14.7. The molecule has 220 valence electrons. The van der Waals surface area contributed by atoms with Crippen molar-refractivity contribution in [3.63, 3.8) is 0 Å². The highest BCUT2D eigenvalue weighted by Crippen LogP contribution is 2.26.